The Morgan fingerprint density at radius 3 is 2.52 bits per heavy atom. The van der Waals surface area contributed by atoms with Crippen molar-refractivity contribution in [2.45, 2.75) is 32.9 Å². The number of hydrogen-bond acceptors (Lipinski definition) is 2. The third kappa shape index (κ3) is 3.67. The maximum atomic E-state index is 13.0. The van der Waals surface area contributed by atoms with Gasteiger partial charge in [0, 0.05) is 24.3 Å². The lowest BCUT2D eigenvalue weighted by molar-refractivity contribution is -0.137. The van der Waals surface area contributed by atoms with Gasteiger partial charge in [-0.25, -0.2) is 0 Å². The summed E-state index contributed by atoms with van der Waals surface area (Å²) in [6, 6.07) is 4.05. The average molecular weight is 316 g/mol. The Balaban J connectivity index is 2.39. The number of hydrogen-bond donors (Lipinski definition) is 1. The Bertz CT molecular complexity index is 552. The minimum absolute atomic E-state index is 0.0987. The standard InChI is InChI=1S/C15H19F3N2S/c1-14(2)6-3-7-20(9-14)10-4-5-12(15(16,17)18)11(8-10)13(19)21/h4-5,8H,3,6-7,9H2,1-2H3,(H2,19,21). The highest BCUT2D eigenvalue weighted by Crippen LogP contribution is 2.36. The van der Waals surface area contributed by atoms with Crippen LogP contribution in [-0.4, -0.2) is 18.1 Å². The molecule has 0 saturated carbocycles. The molecule has 6 heteroatoms. The number of benzene rings is 1. The Morgan fingerprint density at radius 2 is 2.00 bits per heavy atom. The Hall–Kier alpha value is -1.30. The molecule has 21 heavy (non-hydrogen) atoms. The van der Waals surface area contributed by atoms with E-state index in [1.807, 2.05) is 0 Å². The fourth-order valence-electron chi connectivity index (χ4n) is 2.82. The van der Waals surface area contributed by atoms with Crippen molar-refractivity contribution in [3.63, 3.8) is 0 Å². The van der Waals surface area contributed by atoms with Crippen molar-refractivity contribution in [3.8, 4) is 0 Å². The van der Waals surface area contributed by atoms with E-state index in [0.717, 1.165) is 37.7 Å². The molecule has 0 aromatic heterocycles. The number of halogens is 3. The van der Waals surface area contributed by atoms with Gasteiger partial charge in [-0.05, 0) is 36.5 Å². The van der Waals surface area contributed by atoms with Gasteiger partial charge in [-0.1, -0.05) is 26.1 Å². The predicted molar refractivity (Wildman–Crippen MR) is 82.6 cm³/mol. The quantitative estimate of drug-likeness (QED) is 0.837. The maximum absolute atomic E-state index is 13.0. The van der Waals surface area contributed by atoms with E-state index in [-0.39, 0.29) is 16.0 Å². The number of thiocarbonyl (C=S) groups is 1. The minimum atomic E-state index is -4.45. The normalized spacial score (nSPS) is 18.6. The Kier molecular flexibility index (Phi) is 4.19. The van der Waals surface area contributed by atoms with Gasteiger partial charge >= 0.3 is 6.18 Å². The van der Waals surface area contributed by atoms with Gasteiger partial charge in [-0.2, -0.15) is 13.2 Å². The molecule has 0 spiro atoms. The molecule has 1 aliphatic heterocycles. The molecule has 1 aromatic rings. The molecule has 0 unspecified atom stereocenters. The molecule has 0 bridgehead atoms. The van der Waals surface area contributed by atoms with Crippen LogP contribution in [0.2, 0.25) is 0 Å². The van der Waals surface area contributed by atoms with E-state index in [0.29, 0.717) is 0 Å². The lowest BCUT2D eigenvalue weighted by atomic mass is 9.84. The summed E-state index contributed by atoms with van der Waals surface area (Å²) in [5.74, 6) is 0. The van der Waals surface area contributed by atoms with Crippen LogP contribution in [0.5, 0.6) is 0 Å². The first-order valence-electron chi connectivity index (χ1n) is 6.86. The minimum Gasteiger partial charge on any atom is -0.389 e. The van der Waals surface area contributed by atoms with E-state index in [4.69, 9.17) is 18.0 Å². The summed E-state index contributed by atoms with van der Waals surface area (Å²) in [7, 11) is 0. The SMILES string of the molecule is CC1(C)CCCN(c2ccc(C(F)(F)F)c(C(N)=S)c2)C1. The second-order valence-corrected chi connectivity index (χ2v) is 6.72. The van der Waals surface area contributed by atoms with Gasteiger partial charge < -0.3 is 10.6 Å². The molecule has 116 valence electrons. The molecule has 2 rings (SSSR count). The van der Waals surface area contributed by atoms with Crippen LogP contribution in [0.15, 0.2) is 18.2 Å². The van der Waals surface area contributed by atoms with E-state index >= 15 is 0 Å². The van der Waals surface area contributed by atoms with Gasteiger partial charge in [-0.15, -0.1) is 0 Å². The summed E-state index contributed by atoms with van der Waals surface area (Å²) in [5, 5.41) is 0. The number of rotatable bonds is 2. The third-order valence-electron chi connectivity index (χ3n) is 3.84. The van der Waals surface area contributed by atoms with E-state index in [2.05, 4.69) is 18.7 Å². The summed E-state index contributed by atoms with van der Waals surface area (Å²) >= 11 is 4.78. The predicted octanol–water partition coefficient (Wildman–Crippen LogP) is 3.97. The number of nitrogens with two attached hydrogens (primary N) is 1. The summed E-state index contributed by atoms with van der Waals surface area (Å²) < 4.78 is 38.9. The molecule has 1 heterocycles. The molecular formula is C15H19F3N2S. The van der Waals surface area contributed by atoms with Gasteiger partial charge in [0.2, 0.25) is 0 Å². The third-order valence-corrected chi connectivity index (χ3v) is 4.06. The number of anilines is 1. The summed E-state index contributed by atoms with van der Waals surface area (Å²) in [4.78, 5) is 1.88. The molecule has 0 aliphatic carbocycles. The molecule has 2 N–H and O–H groups in total. The number of piperidine rings is 1. The molecular weight excluding hydrogens is 297 g/mol. The Labute approximate surface area is 128 Å². The molecule has 1 aromatic carbocycles. The highest BCUT2D eigenvalue weighted by atomic mass is 32.1. The first-order valence-corrected chi connectivity index (χ1v) is 7.27. The van der Waals surface area contributed by atoms with Crippen molar-refractivity contribution in [2.75, 3.05) is 18.0 Å². The average Bonchev–Trinajstić information content (AvgIpc) is 2.35. The fourth-order valence-corrected chi connectivity index (χ4v) is 2.99. The van der Waals surface area contributed by atoms with Gasteiger partial charge in [-0.3, -0.25) is 0 Å². The molecule has 0 atom stereocenters. The second-order valence-electron chi connectivity index (χ2n) is 6.28. The summed E-state index contributed by atoms with van der Waals surface area (Å²) in [6.07, 6.45) is -2.30. The smallest absolute Gasteiger partial charge is 0.389 e. The zero-order valence-electron chi connectivity index (χ0n) is 12.1. The lowest BCUT2D eigenvalue weighted by Crippen LogP contribution is -2.40. The van der Waals surface area contributed by atoms with E-state index in [9.17, 15) is 13.2 Å². The monoisotopic (exact) mass is 316 g/mol. The van der Waals surface area contributed by atoms with Crippen LogP contribution in [0.4, 0.5) is 18.9 Å². The molecule has 1 fully saturated rings. The fraction of sp³-hybridized carbons (Fsp3) is 0.533. The van der Waals surface area contributed by atoms with Crippen molar-refractivity contribution in [2.24, 2.45) is 11.1 Å². The molecule has 0 amide bonds. The number of alkyl halides is 3. The van der Waals surface area contributed by atoms with E-state index in [1.165, 1.54) is 12.1 Å². The van der Waals surface area contributed by atoms with Crippen LogP contribution >= 0.6 is 12.2 Å². The Morgan fingerprint density at radius 1 is 1.33 bits per heavy atom. The lowest BCUT2D eigenvalue weighted by Gasteiger charge is -2.39. The van der Waals surface area contributed by atoms with Crippen LogP contribution in [0.1, 0.15) is 37.8 Å². The zero-order chi connectivity index (χ0) is 15.8. The van der Waals surface area contributed by atoms with Gasteiger partial charge in [0.15, 0.2) is 0 Å². The molecule has 1 saturated heterocycles. The first kappa shape index (κ1) is 16.1. The molecule has 2 nitrogen and oxygen atoms in total. The van der Waals surface area contributed by atoms with Crippen molar-refractivity contribution in [1.29, 1.82) is 0 Å². The van der Waals surface area contributed by atoms with E-state index in [1.54, 1.807) is 0 Å². The van der Waals surface area contributed by atoms with Crippen LogP contribution in [0.25, 0.3) is 0 Å². The van der Waals surface area contributed by atoms with Crippen LogP contribution in [0, 0.1) is 5.41 Å². The molecule has 1 aliphatic rings. The van der Waals surface area contributed by atoms with E-state index < -0.39 is 11.7 Å². The van der Waals surface area contributed by atoms with Crippen LogP contribution < -0.4 is 10.6 Å². The van der Waals surface area contributed by atoms with Crippen molar-refractivity contribution >= 4 is 22.9 Å². The first-order chi connectivity index (χ1) is 9.60. The van der Waals surface area contributed by atoms with Crippen molar-refractivity contribution in [1.82, 2.24) is 0 Å². The summed E-state index contributed by atoms with van der Waals surface area (Å²) in [5.41, 5.74) is 5.51. The molecule has 0 radical (unpaired) electrons. The second kappa shape index (κ2) is 5.48. The number of nitrogens with zero attached hydrogens (tertiary/aromatic N) is 1. The highest BCUT2D eigenvalue weighted by Gasteiger charge is 2.35. The van der Waals surface area contributed by atoms with Crippen LogP contribution in [0.3, 0.4) is 0 Å². The van der Waals surface area contributed by atoms with Gasteiger partial charge in [0.1, 0.15) is 4.99 Å². The highest BCUT2D eigenvalue weighted by molar-refractivity contribution is 7.80. The maximum Gasteiger partial charge on any atom is 0.417 e. The van der Waals surface area contributed by atoms with Gasteiger partial charge in [0.05, 0.1) is 5.56 Å². The zero-order valence-corrected chi connectivity index (χ0v) is 12.9. The van der Waals surface area contributed by atoms with Crippen molar-refractivity contribution < 1.29 is 13.2 Å². The van der Waals surface area contributed by atoms with Crippen molar-refractivity contribution in [3.05, 3.63) is 29.3 Å². The largest absolute Gasteiger partial charge is 0.417 e. The van der Waals surface area contributed by atoms with Gasteiger partial charge in [0.25, 0.3) is 0 Å². The topological polar surface area (TPSA) is 29.3 Å². The summed E-state index contributed by atoms with van der Waals surface area (Å²) in [6.45, 7) is 5.98. The van der Waals surface area contributed by atoms with Crippen LogP contribution in [-0.2, 0) is 6.18 Å².